The van der Waals surface area contributed by atoms with E-state index in [0.717, 1.165) is 67.8 Å². The summed E-state index contributed by atoms with van der Waals surface area (Å²) in [6, 6.07) is 2.99. The highest BCUT2D eigenvalue weighted by Gasteiger charge is 2.47. The Morgan fingerprint density at radius 3 is 2.47 bits per heavy atom. The molecule has 0 radical (unpaired) electrons. The minimum atomic E-state index is -4.49. The molecule has 6 nitrogen and oxygen atoms in total. The van der Waals surface area contributed by atoms with Crippen LogP contribution in [0.25, 0.3) is 0 Å². The lowest BCUT2D eigenvalue weighted by Crippen LogP contribution is -2.51. The summed E-state index contributed by atoms with van der Waals surface area (Å²) < 4.78 is 40.7. The van der Waals surface area contributed by atoms with Gasteiger partial charge in [0.1, 0.15) is 5.54 Å². The summed E-state index contributed by atoms with van der Waals surface area (Å²) in [4.78, 5) is 16.0. The second kappa shape index (κ2) is 10.1. The van der Waals surface area contributed by atoms with Crippen LogP contribution in [0.5, 0.6) is 0 Å². The first kappa shape index (κ1) is 26.1. The van der Waals surface area contributed by atoms with Crippen LogP contribution in [0.3, 0.4) is 0 Å². The summed E-state index contributed by atoms with van der Waals surface area (Å²) in [5.41, 5.74) is -0.333. The number of alkyl halides is 3. The fourth-order valence-corrected chi connectivity index (χ4v) is 7.37. The summed E-state index contributed by atoms with van der Waals surface area (Å²) in [5.74, 6) is 2.74. The summed E-state index contributed by atoms with van der Waals surface area (Å²) in [6.07, 6.45) is 6.49. The fourth-order valence-electron chi connectivity index (χ4n) is 7.14. The Morgan fingerprint density at radius 1 is 1.16 bits per heavy atom. The molecular formula is C28H35ClF3N5O. The third-order valence-electron chi connectivity index (χ3n) is 9.52. The van der Waals surface area contributed by atoms with Gasteiger partial charge >= 0.3 is 6.18 Å². The lowest BCUT2D eigenvalue weighted by atomic mass is 9.76. The molecule has 3 heterocycles. The Labute approximate surface area is 226 Å². The Kier molecular flexibility index (Phi) is 6.97. The quantitative estimate of drug-likeness (QED) is 0.500. The van der Waals surface area contributed by atoms with Gasteiger partial charge in [-0.15, -0.1) is 0 Å². The zero-order valence-electron chi connectivity index (χ0n) is 21.4. The molecule has 6 rings (SSSR count). The first-order chi connectivity index (χ1) is 18.2. The molecule has 206 valence electrons. The van der Waals surface area contributed by atoms with Crippen molar-refractivity contribution in [3.63, 3.8) is 0 Å². The van der Waals surface area contributed by atoms with E-state index in [2.05, 4.69) is 20.6 Å². The Balaban J connectivity index is 1.07. The number of amides is 1. The van der Waals surface area contributed by atoms with E-state index in [1.807, 2.05) is 12.4 Å². The third-order valence-corrected chi connectivity index (χ3v) is 9.83. The molecule has 2 saturated carbocycles. The van der Waals surface area contributed by atoms with Gasteiger partial charge in [-0.3, -0.25) is 9.48 Å². The van der Waals surface area contributed by atoms with Gasteiger partial charge in [-0.05, 0) is 119 Å². The number of fused-ring (bicyclic) bond motifs is 1. The van der Waals surface area contributed by atoms with Crippen LogP contribution in [0, 0.1) is 17.8 Å². The Bertz CT molecular complexity index is 1160. The topological polar surface area (TPSA) is 62.2 Å². The monoisotopic (exact) mass is 549 g/mol. The van der Waals surface area contributed by atoms with Gasteiger partial charge in [-0.2, -0.15) is 18.3 Å². The molecule has 0 spiro atoms. The van der Waals surface area contributed by atoms with Crippen LogP contribution in [-0.4, -0.2) is 53.3 Å². The highest BCUT2D eigenvalue weighted by molar-refractivity contribution is 6.33. The van der Waals surface area contributed by atoms with Crippen LogP contribution >= 0.6 is 11.6 Å². The number of rotatable bonds is 6. The van der Waals surface area contributed by atoms with Crippen LogP contribution in [0.4, 0.5) is 18.9 Å². The van der Waals surface area contributed by atoms with Gasteiger partial charge in [-0.25, -0.2) is 0 Å². The van der Waals surface area contributed by atoms with E-state index < -0.39 is 17.3 Å². The number of nitrogens with zero attached hydrogens (tertiary/aromatic N) is 3. The minimum Gasteiger partial charge on any atom is -0.323 e. The van der Waals surface area contributed by atoms with E-state index in [4.69, 9.17) is 11.6 Å². The lowest BCUT2D eigenvalue weighted by molar-refractivity contribution is -0.137. The first-order valence-electron chi connectivity index (χ1n) is 13.9. The van der Waals surface area contributed by atoms with Gasteiger partial charge in [0.15, 0.2) is 0 Å². The zero-order valence-corrected chi connectivity index (χ0v) is 22.2. The number of piperidine rings is 1. The van der Waals surface area contributed by atoms with Crippen molar-refractivity contribution in [1.82, 2.24) is 20.0 Å². The van der Waals surface area contributed by atoms with Crippen molar-refractivity contribution in [2.24, 2.45) is 17.8 Å². The largest absolute Gasteiger partial charge is 0.416 e. The molecule has 2 atom stereocenters. The van der Waals surface area contributed by atoms with Crippen LogP contribution in [0.15, 0.2) is 30.6 Å². The third kappa shape index (κ3) is 4.97. The summed E-state index contributed by atoms with van der Waals surface area (Å²) in [7, 11) is 0. The van der Waals surface area contributed by atoms with E-state index in [1.54, 1.807) is 4.68 Å². The molecule has 38 heavy (non-hydrogen) atoms. The maximum absolute atomic E-state index is 13.4. The zero-order chi connectivity index (χ0) is 26.5. The first-order valence-corrected chi connectivity index (χ1v) is 14.3. The molecule has 10 heteroatoms. The van der Waals surface area contributed by atoms with Crippen LogP contribution in [0.1, 0.15) is 62.0 Å². The minimum absolute atomic E-state index is 0.131. The molecule has 0 bridgehead atoms. The summed E-state index contributed by atoms with van der Waals surface area (Å²) >= 11 is 6.09. The van der Waals surface area contributed by atoms with E-state index in [1.165, 1.54) is 38.5 Å². The van der Waals surface area contributed by atoms with Crippen molar-refractivity contribution >= 4 is 23.2 Å². The summed E-state index contributed by atoms with van der Waals surface area (Å²) in [6.45, 7) is 5.80. The van der Waals surface area contributed by atoms with Crippen molar-refractivity contribution in [2.75, 3.05) is 38.0 Å². The van der Waals surface area contributed by atoms with Gasteiger partial charge in [0, 0.05) is 12.7 Å². The number of nitrogens with one attached hydrogen (secondary N) is 2. The standard InChI is InChI=1S/C28H35ClF3N5O/c29-24-12-23(28(30,31)32)2-3-25(24)35-26(38)27(6-1-7-27)37-17-22(15-34-37)19-4-8-36(9-5-19)16-18-10-20-13-33-14-21(20)11-18/h2-3,12,15,17-21,33H,1,4-11,13-14,16H2,(H,35,38). The smallest absolute Gasteiger partial charge is 0.323 e. The van der Waals surface area contributed by atoms with Crippen molar-refractivity contribution in [2.45, 2.75) is 62.6 Å². The SMILES string of the molecule is O=C(Nc1ccc(C(F)(F)F)cc1Cl)C1(n2cc(C3CCN(CC4CC5CNCC5C4)CC3)cn2)CCC1. The van der Waals surface area contributed by atoms with Gasteiger partial charge in [0.25, 0.3) is 5.91 Å². The maximum Gasteiger partial charge on any atom is 0.416 e. The molecule has 1 aromatic heterocycles. The number of anilines is 1. The average molecular weight is 550 g/mol. The predicted octanol–water partition coefficient (Wildman–Crippen LogP) is 5.50. The number of carbonyl (C=O) groups excluding carboxylic acids is 1. The molecule has 1 aromatic carbocycles. The molecule has 4 aliphatic rings. The van der Waals surface area contributed by atoms with Crippen LogP contribution in [0.2, 0.25) is 5.02 Å². The number of hydrogen-bond donors (Lipinski definition) is 2. The molecule has 2 unspecified atom stereocenters. The van der Waals surface area contributed by atoms with E-state index in [9.17, 15) is 18.0 Å². The lowest BCUT2D eigenvalue weighted by Gasteiger charge is -2.40. The molecule has 2 N–H and O–H groups in total. The normalized spacial score (nSPS) is 27.7. The van der Waals surface area contributed by atoms with Gasteiger partial charge in [0.05, 0.1) is 22.5 Å². The van der Waals surface area contributed by atoms with Crippen LogP contribution in [-0.2, 0) is 16.5 Å². The predicted molar refractivity (Wildman–Crippen MR) is 140 cm³/mol. The number of halogens is 4. The Hall–Kier alpha value is -2.10. The molecule has 2 aliphatic carbocycles. The highest BCUT2D eigenvalue weighted by atomic mass is 35.5. The van der Waals surface area contributed by atoms with E-state index in [0.29, 0.717) is 18.8 Å². The van der Waals surface area contributed by atoms with Gasteiger partial charge in [-0.1, -0.05) is 11.6 Å². The summed E-state index contributed by atoms with van der Waals surface area (Å²) in [5, 5.41) is 10.8. The number of aromatic nitrogens is 2. The average Bonchev–Trinajstić information content (AvgIpc) is 3.57. The highest BCUT2D eigenvalue weighted by Crippen LogP contribution is 2.43. The number of benzene rings is 1. The van der Waals surface area contributed by atoms with Crippen molar-refractivity contribution in [3.05, 3.63) is 46.7 Å². The van der Waals surface area contributed by atoms with E-state index in [-0.39, 0.29) is 16.6 Å². The maximum atomic E-state index is 13.4. The Morgan fingerprint density at radius 2 is 1.87 bits per heavy atom. The van der Waals surface area contributed by atoms with Gasteiger partial charge < -0.3 is 15.5 Å². The van der Waals surface area contributed by atoms with Crippen molar-refractivity contribution in [3.8, 4) is 0 Å². The molecule has 2 aliphatic heterocycles. The second-order valence-corrected chi connectivity index (χ2v) is 12.2. The van der Waals surface area contributed by atoms with Crippen molar-refractivity contribution in [1.29, 1.82) is 0 Å². The van der Waals surface area contributed by atoms with Crippen LogP contribution < -0.4 is 10.6 Å². The van der Waals surface area contributed by atoms with E-state index >= 15 is 0 Å². The molecule has 2 aromatic rings. The molecule has 1 amide bonds. The number of hydrogen-bond acceptors (Lipinski definition) is 4. The van der Waals surface area contributed by atoms with Gasteiger partial charge in [0.2, 0.25) is 0 Å². The second-order valence-electron chi connectivity index (χ2n) is 11.8. The van der Waals surface area contributed by atoms with Crippen molar-refractivity contribution < 1.29 is 18.0 Å². The number of carbonyl (C=O) groups is 1. The molecular weight excluding hydrogens is 515 g/mol. The number of likely N-dealkylation sites (tertiary alicyclic amines) is 1. The molecule has 2 saturated heterocycles. The fraction of sp³-hybridized carbons (Fsp3) is 0.643. The molecule has 4 fully saturated rings.